The van der Waals surface area contributed by atoms with Crippen LogP contribution in [0, 0.1) is 34.5 Å². The highest BCUT2D eigenvalue weighted by Crippen LogP contribution is 2.66. The van der Waals surface area contributed by atoms with Crippen LogP contribution in [-0.4, -0.2) is 37.6 Å². The van der Waals surface area contributed by atoms with Crippen LogP contribution < -0.4 is 0 Å². The summed E-state index contributed by atoms with van der Waals surface area (Å²) in [5, 5.41) is 10.5. The molecular weight excluding hydrogens is 300 g/mol. The molecule has 0 aromatic carbocycles. The highest BCUT2D eigenvalue weighted by atomic mass is 16.5. The zero-order valence-corrected chi connectivity index (χ0v) is 16.0. The molecule has 24 heavy (non-hydrogen) atoms. The first-order valence-electron chi connectivity index (χ1n) is 10.2. The van der Waals surface area contributed by atoms with Gasteiger partial charge in [-0.15, -0.1) is 0 Å². The van der Waals surface area contributed by atoms with Gasteiger partial charge in [0.15, 0.2) is 0 Å². The van der Waals surface area contributed by atoms with E-state index in [2.05, 4.69) is 13.8 Å². The average Bonchev–Trinajstić information content (AvgIpc) is 2.95. The number of ether oxygens (including phenoxy) is 2. The fraction of sp³-hybridized carbons (Fsp3) is 1.00. The van der Waals surface area contributed by atoms with Crippen molar-refractivity contribution in [3.05, 3.63) is 0 Å². The van der Waals surface area contributed by atoms with Crippen LogP contribution in [0.2, 0.25) is 0 Å². The van der Waals surface area contributed by atoms with Gasteiger partial charge < -0.3 is 14.6 Å². The van der Waals surface area contributed by atoms with Crippen molar-refractivity contribution >= 4 is 0 Å². The summed E-state index contributed by atoms with van der Waals surface area (Å²) in [6.45, 7) is 5.03. The minimum absolute atomic E-state index is 0.000561. The van der Waals surface area contributed by atoms with Crippen LogP contribution in [-0.2, 0) is 9.47 Å². The van der Waals surface area contributed by atoms with Gasteiger partial charge in [0.25, 0.3) is 0 Å². The first-order valence-corrected chi connectivity index (χ1v) is 10.2. The van der Waals surface area contributed by atoms with Crippen molar-refractivity contribution in [3.63, 3.8) is 0 Å². The fourth-order valence-corrected chi connectivity index (χ4v) is 7.82. The average molecular weight is 337 g/mol. The number of aliphatic hydroxyl groups is 1. The monoisotopic (exact) mass is 336 g/mol. The van der Waals surface area contributed by atoms with E-state index in [1.165, 1.54) is 38.5 Å². The summed E-state index contributed by atoms with van der Waals surface area (Å²) >= 11 is 0. The Balaban J connectivity index is 1.69. The van der Waals surface area contributed by atoms with E-state index in [1.54, 1.807) is 7.11 Å². The molecule has 3 nitrogen and oxygen atoms in total. The Hall–Kier alpha value is -0.120. The van der Waals surface area contributed by atoms with Crippen LogP contribution in [0.5, 0.6) is 0 Å². The van der Waals surface area contributed by atoms with Crippen molar-refractivity contribution in [3.8, 4) is 0 Å². The van der Waals surface area contributed by atoms with Crippen molar-refractivity contribution in [1.82, 2.24) is 0 Å². The maximum Gasteiger partial charge on any atom is 0.0835 e. The van der Waals surface area contributed by atoms with Crippen LogP contribution in [0.25, 0.3) is 0 Å². The third kappa shape index (κ3) is 2.34. The Kier molecular flexibility index (Phi) is 4.29. The van der Waals surface area contributed by atoms with Gasteiger partial charge in [-0.1, -0.05) is 20.3 Å². The highest BCUT2D eigenvalue weighted by Gasteiger charge is 2.62. The van der Waals surface area contributed by atoms with Gasteiger partial charge in [0.05, 0.1) is 18.3 Å². The van der Waals surface area contributed by atoms with E-state index in [0.717, 1.165) is 24.7 Å². The van der Waals surface area contributed by atoms with Crippen LogP contribution in [0.3, 0.4) is 0 Å². The molecule has 4 saturated carbocycles. The Morgan fingerprint density at radius 2 is 1.71 bits per heavy atom. The second-order valence-corrected chi connectivity index (χ2v) is 9.88. The van der Waals surface area contributed by atoms with E-state index in [4.69, 9.17) is 9.47 Å². The van der Waals surface area contributed by atoms with E-state index < -0.39 is 0 Å². The topological polar surface area (TPSA) is 38.7 Å². The van der Waals surface area contributed by atoms with Crippen molar-refractivity contribution < 1.29 is 14.6 Å². The van der Waals surface area contributed by atoms with Gasteiger partial charge in [0.1, 0.15) is 0 Å². The number of aliphatic hydroxyl groups excluding tert-OH is 1. The molecule has 9 unspecified atom stereocenters. The van der Waals surface area contributed by atoms with Gasteiger partial charge in [-0.25, -0.2) is 0 Å². The van der Waals surface area contributed by atoms with Gasteiger partial charge in [0.2, 0.25) is 0 Å². The summed E-state index contributed by atoms with van der Waals surface area (Å²) in [7, 11) is 3.69. The highest BCUT2D eigenvalue weighted by molar-refractivity contribution is 5.11. The van der Waals surface area contributed by atoms with Crippen molar-refractivity contribution in [1.29, 1.82) is 0 Å². The first-order chi connectivity index (χ1) is 11.4. The van der Waals surface area contributed by atoms with E-state index >= 15 is 0 Å². The summed E-state index contributed by atoms with van der Waals surface area (Å²) in [6.07, 6.45) is 10.1. The maximum absolute atomic E-state index is 10.5. The fourth-order valence-electron chi connectivity index (χ4n) is 7.82. The largest absolute Gasteiger partial charge is 0.390 e. The lowest BCUT2D eigenvalue weighted by Crippen LogP contribution is -2.60. The zero-order chi connectivity index (χ0) is 17.1. The quantitative estimate of drug-likeness (QED) is 0.827. The number of methoxy groups -OCH3 is 2. The Morgan fingerprint density at radius 3 is 2.42 bits per heavy atom. The zero-order valence-electron chi connectivity index (χ0n) is 16.0. The molecule has 0 saturated heterocycles. The molecule has 4 aliphatic rings. The maximum atomic E-state index is 10.5. The predicted octanol–water partition coefficient (Wildman–Crippen LogP) is 4.03. The predicted molar refractivity (Wildman–Crippen MR) is 94.7 cm³/mol. The normalized spacial score (nSPS) is 57.1. The summed E-state index contributed by atoms with van der Waals surface area (Å²) in [4.78, 5) is 0. The van der Waals surface area contributed by atoms with Gasteiger partial charge in [-0.05, 0) is 79.4 Å². The Bertz CT molecular complexity index is 480. The van der Waals surface area contributed by atoms with Crippen LogP contribution in [0.15, 0.2) is 0 Å². The number of rotatable bonds is 2. The van der Waals surface area contributed by atoms with Gasteiger partial charge in [-0.2, -0.15) is 0 Å². The molecule has 0 heterocycles. The molecule has 0 radical (unpaired) electrons. The summed E-state index contributed by atoms with van der Waals surface area (Å²) in [5.41, 5.74) is 0.757. The summed E-state index contributed by atoms with van der Waals surface area (Å²) in [5.74, 6) is 2.97. The number of hydrogen-bond donors (Lipinski definition) is 1. The molecule has 3 heteroatoms. The third-order valence-corrected chi connectivity index (χ3v) is 8.95. The molecule has 138 valence electrons. The molecule has 9 atom stereocenters. The van der Waals surface area contributed by atoms with Gasteiger partial charge in [-0.3, -0.25) is 0 Å². The third-order valence-electron chi connectivity index (χ3n) is 8.95. The molecule has 4 rings (SSSR count). The molecule has 0 aliphatic heterocycles. The van der Waals surface area contributed by atoms with Crippen LogP contribution in [0.1, 0.15) is 65.2 Å². The van der Waals surface area contributed by atoms with E-state index in [9.17, 15) is 5.11 Å². The number of fused-ring (bicyclic) bond motifs is 5. The van der Waals surface area contributed by atoms with Crippen LogP contribution in [0.4, 0.5) is 0 Å². The minimum atomic E-state index is -0.286. The minimum Gasteiger partial charge on any atom is -0.390 e. The Morgan fingerprint density at radius 1 is 0.958 bits per heavy atom. The van der Waals surface area contributed by atoms with Crippen molar-refractivity contribution in [2.75, 3.05) is 14.2 Å². The van der Waals surface area contributed by atoms with Gasteiger partial charge in [0, 0.05) is 14.2 Å². The lowest BCUT2D eigenvalue weighted by molar-refractivity contribution is -0.201. The smallest absolute Gasteiger partial charge is 0.0835 e. The lowest BCUT2D eigenvalue weighted by Gasteiger charge is -2.63. The summed E-state index contributed by atoms with van der Waals surface area (Å²) < 4.78 is 11.8. The van der Waals surface area contributed by atoms with Gasteiger partial charge >= 0.3 is 0 Å². The SMILES string of the molecule is COC1CC2(C)C(CCC3C4CCCC4(C)CC(OC)C32)CC1O. The molecule has 0 aromatic rings. The second kappa shape index (κ2) is 5.96. The molecule has 4 fully saturated rings. The second-order valence-electron chi connectivity index (χ2n) is 9.88. The Labute approximate surface area is 147 Å². The molecule has 0 amide bonds. The standard InChI is InChI=1S/C21H36O3/c1-20-9-5-6-15(20)14-8-7-13-10-16(22)17(23-3)12-21(13,2)19(14)18(11-20)24-4/h13-19,22H,5-12H2,1-4H3. The lowest BCUT2D eigenvalue weighted by atomic mass is 9.44. The van der Waals surface area contributed by atoms with E-state index in [1.807, 2.05) is 7.11 Å². The molecule has 0 bridgehead atoms. The number of hydrogen-bond acceptors (Lipinski definition) is 3. The van der Waals surface area contributed by atoms with Crippen LogP contribution >= 0.6 is 0 Å². The summed E-state index contributed by atoms with van der Waals surface area (Å²) in [6, 6.07) is 0. The molecule has 4 aliphatic carbocycles. The van der Waals surface area contributed by atoms with E-state index in [-0.39, 0.29) is 17.6 Å². The van der Waals surface area contributed by atoms with Crippen molar-refractivity contribution in [2.24, 2.45) is 34.5 Å². The molecule has 0 aromatic heterocycles. The van der Waals surface area contributed by atoms with E-state index in [0.29, 0.717) is 23.4 Å². The molecular formula is C21H36O3. The van der Waals surface area contributed by atoms with Crippen molar-refractivity contribution in [2.45, 2.75) is 83.5 Å². The molecule has 1 N–H and O–H groups in total. The first kappa shape index (κ1) is 17.3. The molecule has 0 spiro atoms.